The van der Waals surface area contributed by atoms with Crippen LogP contribution in [0.25, 0.3) is 10.1 Å². The predicted octanol–water partition coefficient (Wildman–Crippen LogP) is 2.67. The smallest absolute Gasteiger partial charge is 0.410 e. The second kappa shape index (κ2) is 36.2. The fourth-order valence-electron chi connectivity index (χ4n) is 11.4. The highest BCUT2D eigenvalue weighted by atomic mass is 32.1. The third-order valence-corrected chi connectivity index (χ3v) is 17.8. The molecule has 1 unspecified atom stereocenters. The summed E-state index contributed by atoms with van der Waals surface area (Å²) in [4.78, 5) is 104. The molecule has 5 rings (SSSR count). The number of carboxylic acid groups (broad SMARTS) is 2. The van der Waals surface area contributed by atoms with Crippen LogP contribution >= 0.6 is 11.3 Å². The Morgan fingerprint density at radius 3 is 2.16 bits per heavy atom. The first kappa shape index (κ1) is 74.5. The number of nitrogens with one attached hydrogen (secondary N) is 1. The van der Waals surface area contributed by atoms with E-state index < -0.39 is 127 Å². The van der Waals surface area contributed by atoms with Crippen molar-refractivity contribution in [2.45, 2.75) is 173 Å². The Balaban J connectivity index is 1.43. The van der Waals surface area contributed by atoms with Crippen molar-refractivity contribution < 1.29 is 96.7 Å². The molecule has 2 saturated heterocycles. The number of amides is 5. The van der Waals surface area contributed by atoms with Crippen LogP contribution in [-0.2, 0) is 86.1 Å². The maximum absolute atomic E-state index is 15.0. The lowest BCUT2D eigenvalue weighted by Gasteiger charge is -2.41. The normalized spacial score (nSPS) is 20.4. The van der Waals surface area contributed by atoms with E-state index in [2.05, 4.69) is 20.5 Å². The summed E-state index contributed by atoms with van der Waals surface area (Å²) in [6, 6.07) is 1.33. The van der Waals surface area contributed by atoms with E-state index in [-0.39, 0.29) is 69.6 Å². The van der Waals surface area contributed by atoms with Crippen molar-refractivity contribution in [1.29, 1.82) is 0 Å². The average molecular weight is 1290 g/mol. The van der Waals surface area contributed by atoms with Gasteiger partial charge in [0.25, 0.3) is 0 Å². The molecule has 13 atom stereocenters. The quantitative estimate of drug-likeness (QED) is 0.0319. The molecule has 5 amide bonds. The molecule has 506 valence electrons. The van der Waals surface area contributed by atoms with Crippen molar-refractivity contribution in [3.8, 4) is 5.75 Å². The molecule has 2 aromatic heterocycles. The molecule has 29 nitrogen and oxygen atoms in total. The number of aliphatic hydroxyl groups excluding tert-OH is 2. The molecule has 0 bridgehead atoms. The minimum atomic E-state index is -1.65. The van der Waals surface area contributed by atoms with Crippen LogP contribution in [0, 0.1) is 23.7 Å². The number of carbonyl (C=O) groups excluding carboxylic acids is 5. The number of hydrogen-bond donors (Lipinski definition) is 7. The highest BCUT2D eigenvalue weighted by Gasteiger charge is 2.45. The minimum absolute atomic E-state index is 0.0701. The number of aryl methyl sites for hydroxylation is 1. The van der Waals surface area contributed by atoms with E-state index in [9.17, 15) is 54.0 Å². The molecule has 2 aliphatic heterocycles. The average Bonchev–Trinajstić information content (AvgIpc) is 1.56. The number of nitrogens with two attached hydrogens (primary N) is 2. The van der Waals surface area contributed by atoms with Crippen LogP contribution in [0.1, 0.15) is 109 Å². The molecule has 0 spiro atoms. The molecule has 2 aliphatic rings. The number of primary amides is 1. The summed E-state index contributed by atoms with van der Waals surface area (Å²) in [6.45, 7) is 15.5. The van der Waals surface area contributed by atoms with Crippen LogP contribution in [0.4, 0.5) is 4.79 Å². The molecule has 3 aromatic rings. The maximum atomic E-state index is 15.0. The van der Waals surface area contributed by atoms with E-state index in [0.29, 0.717) is 78.5 Å². The number of likely N-dealkylation sites (tertiary alicyclic amines) is 1. The van der Waals surface area contributed by atoms with Gasteiger partial charge in [-0.3, -0.25) is 28.9 Å². The summed E-state index contributed by atoms with van der Waals surface area (Å²) < 4.78 is 48.5. The number of carboxylic acids is 2. The van der Waals surface area contributed by atoms with Crippen molar-refractivity contribution in [2.24, 2.45) is 35.3 Å². The zero-order valence-corrected chi connectivity index (χ0v) is 54.4. The van der Waals surface area contributed by atoms with Crippen LogP contribution in [0.2, 0.25) is 0 Å². The SMILES string of the molecule is CC[C@H](C)[C@@H]([C@@H](CC(=O)N1CCC[C@H]1[C@H](OC)[C@@H](C)C(N)=O)OC)N(C)C(=O)[C@@H](NC(=O)[C@H](C(C)C)N(C)C(=O)OC(Cc1cn(CCOCCOCCOCCON)nn1)c1ccc(O[C@@H]2O[C@H](C(=O)O)C[C@H](O)[C@H]2O)c2cc(CCC(=O)O)sc12)C(C)C. The van der Waals surface area contributed by atoms with Crippen molar-refractivity contribution in [2.75, 3.05) is 81.1 Å². The topological polar surface area (TPSA) is 388 Å². The van der Waals surface area contributed by atoms with Crippen LogP contribution in [0.5, 0.6) is 5.75 Å². The fourth-order valence-corrected chi connectivity index (χ4v) is 12.6. The third-order valence-electron chi connectivity index (χ3n) is 16.5. The van der Waals surface area contributed by atoms with Gasteiger partial charge < -0.3 is 84.0 Å². The van der Waals surface area contributed by atoms with Gasteiger partial charge in [0, 0.05) is 74.4 Å². The molecule has 90 heavy (non-hydrogen) atoms. The summed E-state index contributed by atoms with van der Waals surface area (Å²) in [5, 5.41) is 52.9. The Hall–Kier alpha value is -6.19. The third kappa shape index (κ3) is 20.4. The second-order valence-corrected chi connectivity index (χ2v) is 24.7. The van der Waals surface area contributed by atoms with Crippen LogP contribution < -0.4 is 21.7 Å². The monoisotopic (exact) mass is 1290 g/mol. The van der Waals surface area contributed by atoms with E-state index in [1.807, 2.05) is 13.8 Å². The van der Waals surface area contributed by atoms with Gasteiger partial charge in [-0.1, -0.05) is 66.2 Å². The van der Waals surface area contributed by atoms with E-state index in [1.54, 1.807) is 69.6 Å². The Morgan fingerprint density at radius 1 is 0.900 bits per heavy atom. The van der Waals surface area contributed by atoms with Gasteiger partial charge in [-0.05, 0) is 49.1 Å². The van der Waals surface area contributed by atoms with Crippen molar-refractivity contribution in [3.05, 3.63) is 40.5 Å². The summed E-state index contributed by atoms with van der Waals surface area (Å²) in [5.41, 5.74) is 6.42. The van der Waals surface area contributed by atoms with E-state index >= 15 is 0 Å². The molecular formula is C60H95N9O20S. The number of hydrogen-bond acceptors (Lipinski definition) is 22. The minimum Gasteiger partial charge on any atom is -0.481 e. The molecule has 0 radical (unpaired) electrons. The number of thiophene rings is 1. The summed E-state index contributed by atoms with van der Waals surface area (Å²) in [6.07, 6.45) is -7.10. The lowest BCUT2D eigenvalue weighted by molar-refractivity contribution is -0.237. The fraction of sp³-hybridized carbons (Fsp3) is 0.717. The zero-order valence-electron chi connectivity index (χ0n) is 53.6. The van der Waals surface area contributed by atoms with Crippen molar-refractivity contribution in [3.63, 3.8) is 0 Å². The van der Waals surface area contributed by atoms with Crippen LogP contribution in [0.3, 0.4) is 0 Å². The Bertz CT molecular complexity index is 2810. The number of carbonyl (C=O) groups is 7. The van der Waals surface area contributed by atoms with E-state index in [0.717, 1.165) is 4.90 Å². The second-order valence-electron chi connectivity index (χ2n) is 23.5. The Kier molecular flexibility index (Phi) is 29.9. The first-order valence-corrected chi connectivity index (χ1v) is 31.4. The molecule has 0 saturated carbocycles. The van der Waals surface area contributed by atoms with Gasteiger partial charge in [-0.15, -0.1) is 16.4 Å². The standard InChI is InChI=1S/C60H95N9O20S/c1-12-35(6)51(45(81-10)31-47(71)69-19-13-14-41(69)53(82-11)36(7)55(61)75)66(8)57(77)49(33(2)3)63-56(76)50(34(4)5)67(9)60(80)89-44(28-37-32-68(65-64-37)20-21-83-22-23-84-24-25-85-26-27-86-62)39-16-17-43(40-29-38(90-54(39)40)15-18-48(72)73)87-59-52(74)42(70)30-46(88-59)58(78)79/h16-17,29,32-36,41-42,44-46,49-53,59,70,74H,12-15,18-28,30-31,62H2,1-11H3,(H2,61,75)(H,63,76)(H,72,73)(H,78,79)/t35-,36+,41-,42-,44?,45+,46-,49-,50-,51-,52+,53+,59+/m0/s1. The van der Waals surface area contributed by atoms with Gasteiger partial charge in [-0.25, -0.2) is 20.2 Å². The van der Waals surface area contributed by atoms with Gasteiger partial charge in [0.2, 0.25) is 29.9 Å². The molecule has 2 fully saturated rings. The van der Waals surface area contributed by atoms with Gasteiger partial charge in [-0.2, -0.15) is 0 Å². The van der Waals surface area contributed by atoms with Gasteiger partial charge >= 0.3 is 18.0 Å². The maximum Gasteiger partial charge on any atom is 0.410 e. The summed E-state index contributed by atoms with van der Waals surface area (Å²) in [5.74, 6) is -1.17. The first-order chi connectivity index (χ1) is 42.8. The summed E-state index contributed by atoms with van der Waals surface area (Å²) in [7, 11) is 5.99. The molecule has 0 aliphatic carbocycles. The number of methoxy groups -OCH3 is 2. The van der Waals surface area contributed by atoms with Gasteiger partial charge in [0.15, 0.2) is 6.10 Å². The molecular weight excluding hydrogens is 1200 g/mol. The number of aliphatic carboxylic acids is 2. The Morgan fingerprint density at radius 2 is 1.57 bits per heavy atom. The Labute approximate surface area is 529 Å². The zero-order chi connectivity index (χ0) is 66.5. The first-order valence-electron chi connectivity index (χ1n) is 30.5. The lowest BCUT2D eigenvalue weighted by atomic mass is 9.89. The number of nitrogens with zero attached hydrogens (tertiary/aromatic N) is 6. The largest absolute Gasteiger partial charge is 0.481 e. The lowest BCUT2D eigenvalue weighted by Crippen LogP contribution is -2.60. The van der Waals surface area contributed by atoms with Crippen molar-refractivity contribution in [1.82, 2.24) is 35.0 Å². The van der Waals surface area contributed by atoms with Crippen molar-refractivity contribution >= 4 is 63.1 Å². The highest BCUT2D eigenvalue weighted by Crippen LogP contribution is 2.42. The number of aliphatic hydroxyl groups is 2. The molecule has 1 aromatic carbocycles. The molecule has 4 heterocycles. The number of benzene rings is 1. The van der Waals surface area contributed by atoms with Crippen LogP contribution in [0.15, 0.2) is 24.4 Å². The number of rotatable bonds is 39. The van der Waals surface area contributed by atoms with E-state index in [1.165, 1.54) is 43.6 Å². The predicted molar refractivity (Wildman–Crippen MR) is 325 cm³/mol. The highest BCUT2D eigenvalue weighted by molar-refractivity contribution is 7.19. The van der Waals surface area contributed by atoms with E-state index in [4.69, 9.17) is 49.5 Å². The number of fused-ring (bicyclic) bond motifs is 1. The molecule has 9 N–H and O–H groups in total. The van der Waals surface area contributed by atoms with Crippen LogP contribution in [-0.4, -0.2) is 234 Å². The van der Waals surface area contributed by atoms with Gasteiger partial charge in [0.05, 0.1) is 108 Å². The number of likely N-dealkylation sites (N-methyl/N-ethyl adjacent to an activating group) is 2. The number of aromatic nitrogens is 3. The van der Waals surface area contributed by atoms with Gasteiger partial charge in [0.1, 0.15) is 30.0 Å². The molecule has 30 heteroatoms. The summed E-state index contributed by atoms with van der Waals surface area (Å²) >= 11 is 1.18. The number of ether oxygens (including phenoxy) is 8.